The first kappa shape index (κ1) is 19.2. The molecule has 1 amide bonds. The van der Waals surface area contributed by atoms with Crippen molar-refractivity contribution in [3.8, 4) is 11.4 Å². The van der Waals surface area contributed by atoms with E-state index in [9.17, 15) is 4.79 Å². The third kappa shape index (κ3) is 4.17. The monoisotopic (exact) mass is 435 g/mol. The summed E-state index contributed by atoms with van der Waals surface area (Å²) >= 11 is 18.1. The van der Waals surface area contributed by atoms with E-state index >= 15 is 0 Å². The molecule has 0 bridgehead atoms. The van der Waals surface area contributed by atoms with Crippen molar-refractivity contribution in [2.75, 3.05) is 13.1 Å². The minimum Gasteiger partial charge on any atom is -0.339 e. The van der Waals surface area contributed by atoms with Gasteiger partial charge < -0.3 is 9.42 Å². The van der Waals surface area contributed by atoms with Crippen molar-refractivity contribution in [3.63, 3.8) is 0 Å². The molecule has 1 aromatic heterocycles. The van der Waals surface area contributed by atoms with Crippen molar-refractivity contribution in [1.29, 1.82) is 0 Å². The van der Waals surface area contributed by atoms with E-state index in [4.69, 9.17) is 39.3 Å². The van der Waals surface area contributed by atoms with Gasteiger partial charge in [0.05, 0.1) is 5.92 Å². The largest absolute Gasteiger partial charge is 0.339 e. The molecular weight excluding hydrogens is 421 g/mol. The second kappa shape index (κ2) is 8.11. The molecule has 144 valence electrons. The summed E-state index contributed by atoms with van der Waals surface area (Å²) in [6.07, 6.45) is 1.72. The number of benzene rings is 2. The van der Waals surface area contributed by atoms with Crippen LogP contribution in [0.5, 0.6) is 0 Å². The van der Waals surface area contributed by atoms with Crippen LogP contribution < -0.4 is 0 Å². The summed E-state index contributed by atoms with van der Waals surface area (Å²) in [5, 5.41) is 5.56. The van der Waals surface area contributed by atoms with Crippen LogP contribution in [0.2, 0.25) is 15.1 Å². The Balaban J connectivity index is 1.52. The molecule has 0 N–H and O–H groups in total. The number of carbonyl (C=O) groups excluding carboxylic acids is 1. The Labute approximate surface area is 177 Å². The Morgan fingerprint density at radius 1 is 1.07 bits per heavy atom. The van der Waals surface area contributed by atoms with Gasteiger partial charge in [0, 0.05) is 39.3 Å². The van der Waals surface area contributed by atoms with Crippen LogP contribution in [0.15, 0.2) is 47.0 Å². The molecule has 1 aliphatic heterocycles. The minimum atomic E-state index is -0.108. The summed E-state index contributed by atoms with van der Waals surface area (Å²) in [5.74, 6) is 0.885. The zero-order valence-corrected chi connectivity index (χ0v) is 17.0. The number of nitrogens with zero attached hydrogens (tertiary/aromatic N) is 3. The number of aromatic nitrogens is 2. The highest BCUT2D eigenvalue weighted by Gasteiger charge is 2.29. The Morgan fingerprint density at radius 2 is 1.86 bits per heavy atom. The van der Waals surface area contributed by atoms with E-state index in [1.807, 2.05) is 12.1 Å². The number of likely N-dealkylation sites (tertiary alicyclic amines) is 1. The van der Waals surface area contributed by atoms with E-state index in [0.29, 0.717) is 45.4 Å². The summed E-state index contributed by atoms with van der Waals surface area (Å²) < 4.78 is 5.49. The molecule has 1 unspecified atom stereocenters. The quantitative estimate of drug-likeness (QED) is 0.527. The van der Waals surface area contributed by atoms with Crippen LogP contribution in [0.1, 0.15) is 35.0 Å². The Hall–Kier alpha value is -2.08. The van der Waals surface area contributed by atoms with Crippen LogP contribution in [0, 0.1) is 0 Å². The van der Waals surface area contributed by atoms with Gasteiger partial charge in [-0.2, -0.15) is 4.98 Å². The lowest BCUT2D eigenvalue weighted by atomic mass is 9.97. The molecule has 1 aliphatic rings. The van der Waals surface area contributed by atoms with E-state index in [-0.39, 0.29) is 11.8 Å². The molecule has 0 radical (unpaired) electrons. The molecule has 0 aliphatic carbocycles. The van der Waals surface area contributed by atoms with Gasteiger partial charge in [0.2, 0.25) is 11.7 Å². The van der Waals surface area contributed by atoms with Gasteiger partial charge in [0.1, 0.15) is 0 Å². The first-order chi connectivity index (χ1) is 13.5. The highest BCUT2D eigenvalue weighted by atomic mass is 35.5. The molecular formula is C20H16Cl3N3O2. The SMILES string of the molecule is O=C(c1cc(Cl)cc(Cl)c1)N1CCCC(c2nc(-c3cccc(Cl)c3)no2)C1. The Kier molecular flexibility index (Phi) is 5.58. The zero-order valence-electron chi connectivity index (χ0n) is 14.7. The van der Waals surface area contributed by atoms with Crippen molar-refractivity contribution in [3.05, 3.63) is 69.0 Å². The average Bonchev–Trinajstić information content (AvgIpc) is 3.17. The van der Waals surface area contributed by atoms with Crippen LogP contribution in [-0.2, 0) is 0 Å². The minimum absolute atomic E-state index is 0.0206. The van der Waals surface area contributed by atoms with E-state index in [1.165, 1.54) is 0 Å². The second-order valence-electron chi connectivity index (χ2n) is 6.72. The van der Waals surface area contributed by atoms with Crippen molar-refractivity contribution >= 4 is 40.7 Å². The lowest BCUT2D eigenvalue weighted by Crippen LogP contribution is -2.39. The standard InChI is InChI=1S/C20H16Cl3N3O2/c21-15-5-1-3-12(7-15)18-24-19(28-25-18)13-4-2-6-26(11-13)20(27)14-8-16(22)10-17(23)9-14/h1,3,5,7-10,13H,2,4,6,11H2. The van der Waals surface area contributed by atoms with Gasteiger partial charge in [0.25, 0.3) is 5.91 Å². The molecule has 28 heavy (non-hydrogen) atoms. The van der Waals surface area contributed by atoms with Crippen molar-refractivity contribution < 1.29 is 9.32 Å². The first-order valence-corrected chi connectivity index (χ1v) is 9.98. The maximum atomic E-state index is 12.9. The molecule has 1 atom stereocenters. The summed E-state index contributed by atoms with van der Waals surface area (Å²) in [4.78, 5) is 19.2. The van der Waals surface area contributed by atoms with Gasteiger partial charge in [0.15, 0.2) is 0 Å². The average molecular weight is 437 g/mol. The number of hydrogen-bond acceptors (Lipinski definition) is 4. The van der Waals surface area contributed by atoms with E-state index in [2.05, 4.69) is 10.1 Å². The fourth-order valence-electron chi connectivity index (χ4n) is 3.37. The van der Waals surface area contributed by atoms with E-state index < -0.39 is 0 Å². The molecule has 0 spiro atoms. The molecule has 3 aromatic rings. The van der Waals surface area contributed by atoms with Crippen molar-refractivity contribution in [2.24, 2.45) is 0 Å². The molecule has 8 heteroatoms. The van der Waals surface area contributed by atoms with Gasteiger partial charge in [-0.3, -0.25) is 4.79 Å². The lowest BCUT2D eigenvalue weighted by Gasteiger charge is -2.31. The predicted molar refractivity (Wildman–Crippen MR) is 109 cm³/mol. The van der Waals surface area contributed by atoms with E-state index in [0.717, 1.165) is 18.4 Å². The lowest BCUT2D eigenvalue weighted by molar-refractivity contribution is 0.0695. The summed E-state index contributed by atoms with van der Waals surface area (Å²) in [6, 6.07) is 12.2. The molecule has 5 nitrogen and oxygen atoms in total. The summed E-state index contributed by atoms with van der Waals surface area (Å²) in [5.41, 5.74) is 1.27. The van der Waals surface area contributed by atoms with Gasteiger partial charge in [-0.05, 0) is 43.2 Å². The van der Waals surface area contributed by atoms with Crippen molar-refractivity contribution in [1.82, 2.24) is 15.0 Å². The zero-order chi connectivity index (χ0) is 19.7. The van der Waals surface area contributed by atoms with Gasteiger partial charge in [-0.25, -0.2) is 0 Å². The van der Waals surface area contributed by atoms with Crippen LogP contribution in [0.4, 0.5) is 0 Å². The number of halogens is 3. The third-order valence-electron chi connectivity index (χ3n) is 4.69. The van der Waals surface area contributed by atoms with Crippen LogP contribution in [0.25, 0.3) is 11.4 Å². The maximum Gasteiger partial charge on any atom is 0.253 e. The van der Waals surface area contributed by atoms with Crippen LogP contribution >= 0.6 is 34.8 Å². The fourth-order valence-corrected chi connectivity index (χ4v) is 4.09. The summed E-state index contributed by atoms with van der Waals surface area (Å²) in [6.45, 7) is 1.16. The molecule has 1 fully saturated rings. The fraction of sp³-hybridized carbons (Fsp3) is 0.250. The molecule has 4 rings (SSSR count). The Bertz CT molecular complexity index is 1000. The number of piperidine rings is 1. The van der Waals surface area contributed by atoms with Gasteiger partial charge in [-0.1, -0.05) is 52.1 Å². The highest BCUT2D eigenvalue weighted by Crippen LogP contribution is 2.29. The normalized spacial score (nSPS) is 17.0. The molecule has 2 aromatic carbocycles. The summed E-state index contributed by atoms with van der Waals surface area (Å²) in [7, 11) is 0. The topological polar surface area (TPSA) is 59.2 Å². The first-order valence-electron chi connectivity index (χ1n) is 8.84. The Morgan fingerprint density at radius 3 is 2.61 bits per heavy atom. The van der Waals surface area contributed by atoms with E-state index in [1.54, 1.807) is 35.2 Å². The predicted octanol–water partition coefficient (Wildman–Crippen LogP) is 5.72. The van der Waals surface area contributed by atoms with Crippen LogP contribution in [0.3, 0.4) is 0 Å². The number of hydrogen-bond donors (Lipinski definition) is 0. The highest BCUT2D eigenvalue weighted by molar-refractivity contribution is 6.35. The maximum absolute atomic E-state index is 12.9. The van der Waals surface area contributed by atoms with Crippen LogP contribution in [-0.4, -0.2) is 34.0 Å². The number of amides is 1. The van der Waals surface area contributed by atoms with Crippen molar-refractivity contribution in [2.45, 2.75) is 18.8 Å². The smallest absolute Gasteiger partial charge is 0.253 e. The second-order valence-corrected chi connectivity index (χ2v) is 8.02. The molecule has 2 heterocycles. The van der Waals surface area contributed by atoms with Gasteiger partial charge >= 0.3 is 0 Å². The number of carbonyl (C=O) groups is 1. The molecule has 1 saturated heterocycles. The molecule has 0 saturated carbocycles. The number of rotatable bonds is 3. The third-order valence-corrected chi connectivity index (χ3v) is 5.36. The van der Waals surface area contributed by atoms with Gasteiger partial charge in [-0.15, -0.1) is 0 Å².